The van der Waals surface area contributed by atoms with Crippen molar-refractivity contribution in [2.24, 2.45) is 4.99 Å². The maximum atomic E-state index is 13.5. The zero-order valence-corrected chi connectivity index (χ0v) is 20.8. The maximum absolute atomic E-state index is 13.5. The summed E-state index contributed by atoms with van der Waals surface area (Å²) in [4.78, 5) is 15.5. The lowest BCUT2D eigenvalue weighted by molar-refractivity contribution is -0.137. The summed E-state index contributed by atoms with van der Waals surface area (Å²) >= 11 is 0. The van der Waals surface area contributed by atoms with Crippen molar-refractivity contribution in [1.82, 2.24) is 4.57 Å². The SMILES string of the molecule is CCC(=Cc1ccc(N=Cc2c(O)n(-c3ccc(C)c(C)c3)c3cc(C(F)(F)F)ccc23)c(O)c1)C(=O)O. The number of aromatic hydroxyl groups is 2. The quantitative estimate of drug-likeness (QED) is 0.183. The van der Waals surface area contributed by atoms with Crippen molar-refractivity contribution in [3.8, 4) is 17.3 Å². The molecule has 3 aromatic carbocycles. The topological polar surface area (TPSA) is 95.0 Å². The molecule has 0 radical (unpaired) electrons. The van der Waals surface area contributed by atoms with Crippen LogP contribution in [-0.4, -0.2) is 32.1 Å². The zero-order valence-electron chi connectivity index (χ0n) is 20.8. The van der Waals surface area contributed by atoms with Crippen molar-refractivity contribution in [2.75, 3.05) is 0 Å². The van der Waals surface area contributed by atoms with Gasteiger partial charge in [-0.25, -0.2) is 4.79 Å². The summed E-state index contributed by atoms with van der Waals surface area (Å²) in [6, 6.07) is 12.9. The molecule has 4 aromatic rings. The average Bonchev–Trinajstić information content (AvgIpc) is 3.13. The lowest BCUT2D eigenvalue weighted by Crippen LogP contribution is -2.05. The molecule has 0 spiro atoms. The summed E-state index contributed by atoms with van der Waals surface area (Å²) in [6.45, 7) is 5.48. The van der Waals surface area contributed by atoms with Gasteiger partial charge in [0.15, 0.2) is 0 Å². The first kappa shape index (κ1) is 26.5. The number of fused-ring (bicyclic) bond motifs is 1. The summed E-state index contributed by atoms with van der Waals surface area (Å²) < 4.78 is 41.9. The molecule has 0 fully saturated rings. The molecule has 0 saturated heterocycles. The number of aryl methyl sites for hydroxylation is 2. The van der Waals surface area contributed by atoms with Gasteiger partial charge in [-0.3, -0.25) is 9.56 Å². The number of aromatic nitrogens is 1. The molecule has 1 heterocycles. The zero-order chi connectivity index (χ0) is 27.8. The number of aliphatic imine (C=N–C) groups is 1. The number of hydrogen-bond donors (Lipinski definition) is 3. The number of carbonyl (C=O) groups is 1. The average molecular weight is 523 g/mol. The number of carboxylic acids is 1. The Morgan fingerprint density at radius 2 is 1.74 bits per heavy atom. The molecule has 38 heavy (non-hydrogen) atoms. The number of aliphatic carboxylic acids is 1. The second-order valence-corrected chi connectivity index (χ2v) is 8.91. The molecule has 4 rings (SSSR count). The molecule has 6 nitrogen and oxygen atoms in total. The minimum atomic E-state index is -4.57. The Labute approximate surface area is 216 Å². The fourth-order valence-corrected chi connectivity index (χ4v) is 4.12. The Balaban J connectivity index is 1.84. The Kier molecular flexibility index (Phi) is 7.04. The van der Waals surface area contributed by atoms with Crippen molar-refractivity contribution >= 4 is 34.9 Å². The third-order valence-corrected chi connectivity index (χ3v) is 6.39. The Morgan fingerprint density at radius 3 is 2.34 bits per heavy atom. The van der Waals surface area contributed by atoms with E-state index in [-0.39, 0.29) is 34.0 Å². The van der Waals surface area contributed by atoms with E-state index >= 15 is 0 Å². The fourth-order valence-electron chi connectivity index (χ4n) is 4.12. The second-order valence-electron chi connectivity index (χ2n) is 8.91. The number of hydrogen-bond acceptors (Lipinski definition) is 4. The van der Waals surface area contributed by atoms with Gasteiger partial charge in [0.25, 0.3) is 0 Å². The molecule has 0 unspecified atom stereocenters. The third kappa shape index (κ3) is 5.13. The number of alkyl halides is 3. The first-order valence-electron chi connectivity index (χ1n) is 11.7. The van der Waals surface area contributed by atoms with Gasteiger partial charge < -0.3 is 15.3 Å². The highest BCUT2D eigenvalue weighted by Gasteiger charge is 2.31. The maximum Gasteiger partial charge on any atom is 0.416 e. The summed E-state index contributed by atoms with van der Waals surface area (Å²) in [7, 11) is 0. The van der Waals surface area contributed by atoms with E-state index in [1.54, 1.807) is 25.1 Å². The molecule has 0 aliphatic carbocycles. The van der Waals surface area contributed by atoms with Crippen LogP contribution >= 0.6 is 0 Å². The van der Waals surface area contributed by atoms with Gasteiger partial charge >= 0.3 is 12.1 Å². The van der Waals surface area contributed by atoms with Crippen molar-refractivity contribution in [3.05, 3.63) is 88.0 Å². The van der Waals surface area contributed by atoms with Gasteiger partial charge in [-0.1, -0.05) is 25.1 Å². The van der Waals surface area contributed by atoms with Crippen LogP contribution in [-0.2, 0) is 11.0 Å². The first-order valence-corrected chi connectivity index (χ1v) is 11.7. The third-order valence-electron chi connectivity index (χ3n) is 6.39. The number of benzene rings is 3. The summed E-state index contributed by atoms with van der Waals surface area (Å²) in [5, 5.41) is 31.2. The van der Waals surface area contributed by atoms with Crippen LogP contribution in [0.15, 0.2) is 65.2 Å². The standard InChI is InChI=1S/C29H25F3N2O4/c1-4-19(28(37)38)12-18-6-10-24(26(35)13-18)33-15-23-22-9-7-20(29(30,31)32)14-25(22)34(27(23)36)21-8-5-16(2)17(3)11-21/h5-15,35-36H,4H2,1-3H3,(H,37,38). The van der Waals surface area contributed by atoms with Crippen molar-refractivity contribution < 1.29 is 33.3 Å². The molecule has 0 atom stereocenters. The van der Waals surface area contributed by atoms with Gasteiger partial charge in [0, 0.05) is 22.9 Å². The summed E-state index contributed by atoms with van der Waals surface area (Å²) in [5.41, 5.74) is 2.61. The van der Waals surface area contributed by atoms with Crippen molar-refractivity contribution in [2.45, 2.75) is 33.4 Å². The number of carboxylic acid groups (broad SMARTS) is 1. The molecule has 0 amide bonds. The van der Waals surface area contributed by atoms with E-state index < -0.39 is 17.7 Å². The largest absolute Gasteiger partial charge is 0.506 e. The van der Waals surface area contributed by atoms with E-state index in [4.69, 9.17) is 0 Å². The number of rotatable bonds is 6. The van der Waals surface area contributed by atoms with E-state index in [1.165, 1.54) is 35.1 Å². The normalized spacial score (nSPS) is 12.5. The van der Waals surface area contributed by atoms with Crippen LogP contribution in [0, 0.1) is 13.8 Å². The van der Waals surface area contributed by atoms with Gasteiger partial charge in [0.1, 0.15) is 11.4 Å². The molecule has 0 bridgehead atoms. The van der Waals surface area contributed by atoms with E-state index in [2.05, 4.69) is 4.99 Å². The molecule has 3 N–H and O–H groups in total. The first-order chi connectivity index (χ1) is 17.9. The predicted molar refractivity (Wildman–Crippen MR) is 141 cm³/mol. The smallest absolute Gasteiger partial charge is 0.416 e. The van der Waals surface area contributed by atoms with Crippen molar-refractivity contribution in [1.29, 1.82) is 0 Å². The number of phenolic OH excluding ortho intramolecular Hbond substituents is 1. The Bertz CT molecular complexity index is 1610. The molecular formula is C29H25F3N2O4. The minimum Gasteiger partial charge on any atom is -0.506 e. The molecule has 0 aliphatic rings. The van der Waals surface area contributed by atoms with Gasteiger partial charge in [0.05, 0.1) is 16.6 Å². The van der Waals surface area contributed by atoms with E-state index in [9.17, 15) is 33.3 Å². The number of nitrogens with zero attached hydrogens (tertiary/aromatic N) is 2. The van der Waals surface area contributed by atoms with Crippen LogP contribution in [0.2, 0.25) is 0 Å². The Hall–Kier alpha value is -4.53. The van der Waals surface area contributed by atoms with Crippen LogP contribution < -0.4 is 0 Å². The number of halogens is 3. The van der Waals surface area contributed by atoms with E-state index in [1.807, 2.05) is 19.9 Å². The molecule has 0 aliphatic heterocycles. The lowest BCUT2D eigenvalue weighted by atomic mass is 10.1. The van der Waals surface area contributed by atoms with Crippen LogP contribution in [0.1, 0.15) is 41.2 Å². The molecule has 0 saturated carbocycles. The second kappa shape index (κ2) is 10.1. The van der Waals surface area contributed by atoms with Gasteiger partial charge in [0.2, 0.25) is 5.88 Å². The van der Waals surface area contributed by atoms with Gasteiger partial charge in [-0.2, -0.15) is 13.2 Å². The van der Waals surface area contributed by atoms with Crippen molar-refractivity contribution in [3.63, 3.8) is 0 Å². The van der Waals surface area contributed by atoms with Crippen LogP contribution in [0.25, 0.3) is 22.7 Å². The molecule has 196 valence electrons. The predicted octanol–water partition coefficient (Wildman–Crippen LogP) is 7.31. The van der Waals surface area contributed by atoms with Crippen LogP contribution in [0.4, 0.5) is 18.9 Å². The highest BCUT2D eigenvalue weighted by atomic mass is 19.4. The highest BCUT2D eigenvalue weighted by molar-refractivity contribution is 6.04. The van der Waals surface area contributed by atoms with Crippen LogP contribution in [0.5, 0.6) is 11.6 Å². The highest BCUT2D eigenvalue weighted by Crippen LogP contribution is 2.38. The van der Waals surface area contributed by atoms with Gasteiger partial charge in [-0.05, 0) is 79.4 Å². The molecule has 1 aromatic heterocycles. The van der Waals surface area contributed by atoms with E-state index in [0.29, 0.717) is 23.1 Å². The van der Waals surface area contributed by atoms with Crippen LogP contribution in [0.3, 0.4) is 0 Å². The minimum absolute atomic E-state index is 0.133. The molecule has 9 heteroatoms. The molecular weight excluding hydrogens is 497 g/mol. The number of phenols is 1. The summed E-state index contributed by atoms with van der Waals surface area (Å²) in [6.07, 6.45) is -1.55. The fraction of sp³-hybridized carbons (Fsp3) is 0.172. The van der Waals surface area contributed by atoms with Gasteiger partial charge in [-0.15, -0.1) is 0 Å². The van der Waals surface area contributed by atoms with E-state index in [0.717, 1.165) is 23.3 Å². The summed E-state index contributed by atoms with van der Waals surface area (Å²) in [5.74, 6) is -1.59. The monoisotopic (exact) mass is 522 g/mol. The lowest BCUT2D eigenvalue weighted by Gasteiger charge is -2.11. The Morgan fingerprint density at radius 1 is 1.00 bits per heavy atom.